The molecule has 1 saturated heterocycles. The zero-order valence-electron chi connectivity index (χ0n) is 13.3. The summed E-state index contributed by atoms with van der Waals surface area (Å²) in [4.78, 5) is 23.9. The van der Waals surface area contributed by atoms with Crippen molar-refractivity contribution in [3.05, 3.63) is 69.7 Å². The van der Waals surface area contributed by atoms with E-state index in [0.717, 1.165) is 11.1 Å². The van der Waals surface area contributed by atoms with E-state index in [-0.39, 0.29) is 5.91 Å². The van der Waals surface area contributed by atoms with Gasteiger partial charge in [0.1, 0.15) is 0 Å². The maximum Gasteiger partial charge on any atom is 0.408 e. The summed E-state index contributed by atoms with van der Waals surface area (Å²) in [5.74, 6) is -0.374. The van der Waals surface area contributed by atoms with Crippen molar-refractivity contribution in [2.45, 2.75) is 25.1 Å². The number of amides is 2. The molecule has 1 fully saturated rings. The maximum atomic E-state index is 12.6. The number of benzene rings is 2. The van der Waals surface area contributed by atoms with Gasteiger partial charge in [-0.3, -0.25) is 4.79 Å². The number of halogens is 2. The van der Waals surface area contributed by atoms with Crippen molar-refractivity contribution in [1.82, 2.24) is 10.6 Å². The molecule has 2 aromatic carbocycles. The topological polar surface area (TPSA) is 67.4 Å². The molecule has 7 heteroatoms. The van der Waals surface area contributed by atoms with Crippen LogP contribution in [0, 0.1) is 0 Å². The molecule has 2 aromatic rings. The third-order valence-corrected chi connectivity index (χ3v) is 4.49. The summed E-state index contributed by atoms with van der Waals surface area (Å²) >= 11 is 11.9. The molecule has 2 N–H and O–H groups in total. The summed E-state index contributed by atoms with van der Waals surface area (Å²) < 4.78 is 5.04. The second-order valence-electron chi connectivity index (χ2n) is 5.80. The highest BCUT2D eigenvalue weighted by molar-refractivity contribution is 6.30. The van der Waals surface area contributed by atoms with E-state index in [4.69, 9.17) is 27.9 Å². The molecule has 5 nitrogen and oxygen atoms in total. The van der Waals surface area contributed by atoms with Crippen molar-refractivity contribution < 1.29 is 14.3 Å². The van der Waals surface area contributed by atoms with Crippen LogP contribution in [0.2, 0.25) is 10.0 Å². The minimum Gasteiger partial charge on any atom is -0.434 e. The average molecular weight is 379 g/mol. The number of carbonyl (C=O) groups excluding carboxylic acids is 2. The van der Waals surface area contributed by atoms with Gasteiger partial charge in [0.15, 0.2) is 0 Å². The Bertz CT molecular complexity index is 732. The Morgan fingerprint density at radius 1 is 1.04 bits per heavy atom. The quantitative estimate of drug-likeness (QED) is 0.852. The first-order valence-corrected chi connectivity index (χ1v) is 8.48. The molecule has 25 heavy (non-hydrogen) atoms. The first kappa shape index (κ1) is 17.6. The van der Waals surface area contributed by atoms with Crippen molar-refractivity contribution in [2.75, 3.05) is 0 Å². The van der Waals surface area contributed by atoms with Crippen LogP contribution in [0.1, 0.15) is 24.1 Å². The third-order valence-electron chi connectivity index (χ3n) is 3.99. The minimum atomic E-state index is -0.880. The minimum absolute atomic E-state index is 0.374. The zero-order valence-corrected chi connectivity index (χ0v) is 14.8. The normalized spacial score (nSPS) is 19.4. The molecule has 0 spiro atoms. The fourth-order valence-electron chi connectivity index (χ4n) is 2.69. The van der Waals surface area contributed by atoms with E-state index >= 15 is 0 Å². The lowest BCUT2D eigenvalue weighted by Gasteiger charge is -2.22. The van der Waals surface area contributed by atoms with Gasteiger partial charge in [0, 0.05) is 10.0 Å². The maximum absolute atomic E-state index is 12.6. The van der Waals surface area contributed by atoms with Gasteiger partial charge in [-0.15, -0.1) is 0 Å². The fourth-order valence-corrected chi connectivity index (χ4v) is 2.94. The number of rotatable bonds is 4. The molecule has 0 aromatic heterocycles. The Morgan fingerprint density at radius 2 is 1.52 bits per heavy atom. The summed E-state index contributed by atoms with van der Waals surface area (Å²) in [5, 5.41) is 6.71. The van der Waals surface area contributed by atoms with E-state index in [1.54, 1.807) is 31.2 Å². The van der Waals surface area contributed by atoms with E-state index in [0.29, 0.717) is 10.0 Å². The highest BCUT2D eigenvalue weighted by Gasteiger charge is 2.37. The monoisotopic (exact) mass is 378 g/mol. The van der Waals surface area contributed by atoms with E-state index in [1.165, 1.54) is 0 Å². The molecule has 130 valence electrons. The van der Waals surface area contributed by atoms with Gasteiger partial charge in [-0.2, -0.15) is 0 Å². The van der Waals surface area contributed by atoms with Gasteiger partial charge in [-0.05, 0) is 42.3 Å². The Labute approximate surface area is 155 Å². The molecule has 1 heterocycles. The van der Waals surface area contributed by atoms with Gasteiger partial charge < -0.3 is 15.4 Å². The predicted octanol–water partition coefficient (Wildman–Crippen LogP) is 3.70. The van der Waals surface area contributed by atoms with Crippen LogP contribution in [0.3, 0.4) is 0 Å². The standard InChI is InChI=1S/C18H16Cl2N2O3/c1-10-16(25-18(24)21-10)17(23)22-15(11-2-6-13(19)7-3-11)12-4-8-14(20)9-5-12/h2-10,15-16H,1H3,(H,21,24)(H,22,23). The summed E-state index contributed by atoms with van der Waals surface area (Å²) in [6.45, 7) is 1.72. The van der Waals surface area contributed by atoms with Crippen molar-refractivity contribution in [3.8, 4) is 0 Å². The lowest BCUT2D eigenvalue weighted by molar-refractivity contribution is -0.129. The van der Waals surface area contributed by atoms with Gasteiger partial charge in [0.2, 0.25) is 6.10 Å². The van der Waals surface area contributed by atoms with Gasteiger partial charge in [-0.25, -0.2) is 4.79 Å². The summed E-state index contributed by atoms with van der Waals surface area (Å²) in [5.41, 5.74) is 1.70. The molecule has 2 amide bonds. The smallest absolute Gasteiger partial charge is 0.408 e. The lowest BCUT2D eigenvalue weighted by atomic mass is 9.98. The van der Waals surface area contributed by atoms with Crippen LogP contribution in [0.5, 0.6) is 0 Å². The highest BCUT2D eigenvalue weighted by Crippen LogP contribution is 2.25. The number of cyclic esters (lactones) is 1. The van der Waals surface area contributed by atoms with Gasteiger partial charge >= 0.3 is 6.09 Å². The van der Waals surface area contributed by atoms with Crippen molar-refractivity contribution in [3.63, 3.8) is 0 Å². The van der Waals surface area contributed by atoms with Gasteiger partial charge in [0.05, 0.1) is 12.1 Å². The fraction of sp³-hybridized carbons (Fsp3) is 0.222. The molecule has 3 rings (SSSR count). The molecule has 0 radical (unpaired) electrons. The lowest BCUT2D eigenvalue weighted by Crippen LogP contribution is -2.43. The van der Waals surface area contributed by atoms with Crippen LogP contribution in [0.4, 0.5) is 4.79 Å². The molecule has 1 aliphatic heterocycles. The number of ether oxygens (including phenoxy) is 1. The van der Waals surface area contributed by atoms with Gasteiger partial charge in [-0.1, -0.05) is 47.5 Å². The predicted molar refractivity (Wildman–Crippen MR) is 95.8 cm³/mol. The number of hydrogen-bond acceptors (Lipinski definition) is 3. The van der Waals surface area contributed by atoms with Crippen LogP contribution in [-0.2, 0) is 9.53 Å². The van der Waals surface area contributed by atoms with E-state index in [1.807, 2.05) is 24.3 Å². The van der Waals surface area contributed by atoms with E-state index < -0.39 is 24.3 Å². The molecule has 2 atom stereocenters. The second kappa shape index (κ2) is 7.33. The van der Waals surface area contributed by atoms with Crippen LogP contribution >= 0.6 is 23.2 Å². The van der Waals surface area contributed by atoms with Gasteiger partial charge in [0.25, 0.3) is 5.91 Å². The zero-order chi connectivity index (χ0) is 18.0. The SMILES string of the molecule is CC1NC(=O)OC1C(=O)NC(c1ccc(Cl)cc1)c1ccc(Cl)cc1. The Hall–Kier alpha value is -2.24. The molecule has 0 bridgehead atoms. The Balaban J connectivity index is 1.88. The molecule has 0 saturated carbocycles. The Morgan fingerprint density at radius 3 is 1.92 bits per heavy atom. The van der Waals surface area contributed by atoms with Crippen LogP contribution in [0.25, 0.3) is 0 Å². The number of hydrogen-bond donors (Lipinski definition) is 2. The van der Waals surface area contributed by atoms with Crippen molar-refractivity contribution >= 4 is 35.2 Å². The molecule has 2 unspecified atom stereocenters. The first-order chi connectivity index (χ1) is 11.9. The first-order valence-electron chi connectivity index (χ1n) is 7.72. The molecular weight excluding hydrogens is 363 g/mol. The molecule has 1 aliphatic rings. The van der Waals surface area contributed by atoms with Crippen molar-refractivity contribution in [1.29, 1.82) is 0 Å². The highest BCUT2D eigenvalue weighted by atomic mass is 35.5. The average Bonchev–Trinajstić information content (AvgIpc) is 2.93. The number of alkyl carbamates (subject to hydrolysis) is 1. The van der Waals surface area contributed by atoms with Crippen LogP contribution in [0.15, 0.2) is 48.5 Å². The number of nitrogens with one attached hydrogen (secondary N) is 2. The summed E-state index contributed by atoms with van der Waals surface area (Å²) in [6.07, 6.45) is -1.48. The van der Waals surface area contributed by atoms with E-state index in [9.17, 15) is 9.59 Å². The van der Waals surface area contributed by atoms with Crippen LogP contribution in [-0.4, -0.2) is 24.1 Å². The largest absolute Gasteiger partial charge is 0.434 e. The number of carbonyl (C=O) groups is 2. The molecular formula is C18H16Cl2N2O3. The van der Waals surface area contributed by atoms with Crippen molar-refractivity contribution in [2.24, 2.45) is 0 Å². The van der Waals surface area contributed by atoms with E-state index in [2.05, 4.69) is 10.6 Å². The third kappa shape index (κ3) is 4.06. The summed E-state index contributed by atoms with van der Waals surface area (Å²) in [6, 6.07) is 13.6. The van der Waals surface area contributed by atoms with Crippen LogP contribution < -0.4 is 10.6 Å². The molecule has 0 aliphatic carbocycles. The second-order valence-corrected chi connectivity index (χ2v) is 6.68. The Kier molecular flexibility index (Phi) is 5.16. The summed E-state index contributed by atoms with van der Waals surface area (Å²) in [7, 11) is 0.